The molecule has 0 unspecified atom stereocenters. The molecular formula is C12H20Cl2I-. The summed E-state index contributed by atoms with van der Waals surface area (Å²) in [6.07, 6.45) is 10.8. The first-order chi connectivity index (χ1) is 7.24. The average molecular weight is 362 g/mol. The third-order valence-corrected chi connectivity index (χ3v) is 8.93. The van der Waals surface area contributed by atoms with Crippen LogP contribution >= 0.6 is 23.2 Å². The van der Waals surface area contributed by atoms with E-state index in [9.17, 15) is 0 Å². The number of hydrogen-bond acceptors (Lipinski definition) is 0. The van der Waals surface area contributed by atoms with Crippen LogP contribution in [0.25, 0.3) is 0 Å². The van der Waals surface area contributed by atoms with Gasteiger partial charge in [-0.25, -0.2) is 0 Å². The Kier molecular flexibility index (Phi) is 5.36. The first kappa shape index (κ1) is 12.8. The fourth-order valence-electron chi connectivity index (χ4n) is 2.53. The number of alkyl halides is 4. The van der Waals surface area contributed by atoms with E-state index in [1.807, 2.05) is 0 Å². The van der Waals surface area contributed by atoms with Crippen molar-refractivity contribution >= 4 is 23.2 Å². The predicted octanol–water partition coefficient (Wildman–Crippen LogP) is 1.18. The van der Waals surface area contributed by atoms with Gasteiger partial charge in [0, 0.05) is 0 Å². The van der Waals surface area contributed by atoms with E-state index < -0.39 is 0 Å². The fourth-order valence-corrected chi connectivity index (χ4v) is 7.35. The molecule has 90 valence electrons. The molecule has 0 amide bonds. The van der Waals surface area contributed by atoms with Gasteiger partial charge in [-0.2, -0.15) is 0 Å². The van der Waals surface area contributed by atoms with Crippen molar-refractivity contribution in [3.05, 3.63) is 0 Å². The summed E-state index contributed by atoms with van der Waals surface area (Å²) in [7, 11) is 0. The van der Waals surface area contributed by atoms with Gasteiger partial charge in [0.25, 0.3) is 0 Å². The van der Waals surface area contributed by atoms with Gasteiger partial charge in [0.15, 0.2) is 0 Å². The monoisotopic (exact) mass is 361 g/mol. The van der Waals surface area contributed by atoms with Crippen LogP contribution in [0.3, 0.4) is 0 Å². The first-order valence-corrected chi connectivity index (χ1v) is 9.50. The van der Waals surface area contributed by atoms with Crippen molar-refractivity contribution in [2.75, 3.05) is 0 Å². The third-order valence-electron chi connectivity index (χ3n) is 3.53. The molecule has 2 saturated carbocycles. The Morgan fingerprint density at radius 3 is 1.27 bits per heavy atom. The molecule has 2 rings (SSSR count). The average Bonchev–Trinajstić information content (AvgIpc) is 2.25. The zero-order valence-corrected chi connectivity index (χ0v) is 12.8. The molecule has 0 radical (unpaired) electrons. The molecule has 15 heavy (non-hydrogen) atoms. The zero-order valence-electron chi connectivity index (χ0n) is 9.10. The standard InChI is InChI=1S/C12H20Cl2I/c13-9-1-5-11(6-2-9)15-12-7-3-10(14)4-8-12/h9-12H,1-8H2/q-1. The predicted molar refractivity (Wildman–Crippen MR) is 63.8 cm³/mol. The molecule has 0 heterocycles. The molecule has 2 aliphatic rings. The summed E-state index contributed by atoms with van der Waals surface area (Å²) in [6.45, 7) is 0. The molecule has 0 aromatic rings. The second-order valence-electron chi connectivity index (χ2n) is 4.82. The van der Waals surface area contributed by atoms with E-state index in [2.05, 4.69) is 0 Å². The molecule has 0 aromatic carbocycles. The molecular weight excluding hydrogens is 342 g/mol. The Labute approximate surface area is 114 Å². The van der Waals surface area contributed by atoms with Crippen molar-refractivity contribution < 1.29 is 21.2 Å². The Balaban J connectivity index is 1.68. The van der Waals surface area contributed by atoms with Crippen molar-refractivity contribution in [3.63, 3.8) is 0 Å². The van der Waals surface area contributed by atoms with Gasteiger partial charge in [-0.15, -0.1) is 0 Å². The van der Waals surface area contributed by atoms with Gasteiger partial charge in [0.05, 0.1) is 0 Å². The number of rotatable bonds is 2. The van der Waals surface area contributed by atoms with Gasteiger partial charge in [0.2, 0.25) is 0 Å². The van der Waals surface area contributed by atoms with E-state index in [0.717, 1.165) is 7.85 Å². The van der Waals surface area contributed by atoms with Crippen LogP contribution < -0.4 is 21.2 Å². The Bertz CT molecular complexity index is 162. The van der Waals surface area contributed by atoms with Crippen molar-refractivity contribution in [1.82, 2.24) is 0 Å². The molecule has 0 bridgehead atoms. The Hall–Kier alpha value is 1.31. The van der Waals surface area contributed by atoms with Gasteiger partial charge >= 0.3 is 114 Å². The van der Waals surface area contributed by atoms with E-state index in [1.54, 1.807) is 0 Å². The van der Waals surface area contributed by atoms with E-state index in [0.29, 0.717) is 32.0 Å². The molecule has 2 aliphatic carbocycles. The second-order valence-corrected chi connectivity index (χ2v) is 10.3. The van der Waals surface area contributed by atoms with Crippen LogP contribution in [0.5, 0.6) is 0 Å². The summed E-state index contributed by atoms with van der Waals surface area (Å²) in [5.41, 5.74) is 0. The van der Waals surface area contributed by atoms with Crippen molar-refractivity contribution in [3.8, 4) is 0 Å². The molecule has 0 aliphatic heterocycles. The third kappa shape index (κ3) is 4.23. The Morgan fingerprint density at radius 1 is 0.600 bits per heavy atom. The SMILES string of the molecule is ClC1CCC([I-]C2CCC(Cl)CC2)CC1. The first-order valence-electron chi connectivity index (χ1n) is 6.14. The van der Waals surface area contributed by atoms with Crippen LogP contribution in [0.15, 0.2) is 0 Å². The molecule has 0 nitrogen and oxygen atoms in total. The molecule has 0 atom stereocenters. The summed E-state index contributed by atoms with van der Waals surface area (Å²) >= 11 is 12.7. The number of hydrogen-bond donors (Lipinski definition) is 0. The maximum absolute atomic E-state index is 6.14. The van der Waals surface area contributed by atoms with E-state index in [4.69, 9.17) is 23.2 Å². The Morgan fingerprint density at radius 2 is 0.933 bits per heavy atom. The normalized spacial score (nSPS) is 43.1. The molecule has 0 aromatic heterocycles. The van der Waals surface area contributed by atoms with Gasteiger partial charge in [-0.05, 0) is 0 Å². The van der Waals surface area contributed by atoms with Crippen LogP contribution in [-0.4, -0.2) is 18.6 Å². The van der Waals surface area contributed by atoms with Crippen LogP contribution in [-0.2, 0) is 0 Å². The van der Waals surface area contributed by atoms with E-state index >= 15 is 0 Å². The van der Waals surface area contributed by atoms with E-state index in [-0.39, 0.29) is 0 Å². The summed E-state index contributed by atoms with van der Waals surface area (Å²) in [4.78, 5) is 0. The number of halogens is 3. The minimum absolute atomic E-state index is 0.426. The quantitative estimate of drug-likeness (QED) is 0.511. The van der Waals surface area contributed by atoms with Crippen LogP contribution in [0, 0.1) is 0 Å². The fraction of sp³-hybridized carbons (Fsp3) is 1.00. The maximum atomic E-state index is 6.14. The summed E-state index contributed by atoms with van der Waals surface area (Å²) < 4.78 is 2.16. The van der Waals surface area contributed by atoms with Crippen LogP contribution in [0.1, 0.15) is 51.4 Å². The molecule has 0 spiro atoms. The van der Waals surface area contributed by atoms with Gasteiger partial charge in [0.1, 0.15) is 0 Å². The van der Waals surface area contributed by atoms with Crippen LogP contribution in [0.2, 0.25) is 0 Å². The van der Waals surface area contributed by atoms with Crippen molar-refractivity contribution in [1.29, 1.82) is 0 Å². The second kappa shape index (κ2) is 6.30. The van der Waals surface area contributed by atoms with Gasteiger partial charge in [-0.3, -0.25) is 0 Å². The topological polar surface area (TPSA) is 0 Å². The summed E-state index contributed by atoms with van der Waals surface area (Å²) in [5.74, 6) is 0. The van der Waals surface area contributed by atoms with Crippen molar-refractivity contribution in [2.45, 2.75) is 70.0 Å². The van der Waals surface area contributed by atoms with E-state index in [1.165, 1.54) is 51.4 Å². The summed E-state index contributed by atoms with van der Waals surface area (Å²) in [5, 5.41) is 0.979. The van der Waals surface area contributed by atoms with Crippen LogP contribution in [0.4, 0.5) is 0 Å². The zero-order chi connectivity index (χ0) is 10.7. The molecule has 0 N–H and O–H groups in total. The molecule has 2 fully saturated rings. The van der Waals surface area contributed by atoms with Gasteiger partial charge < -0.3 is 0 Å². The molecule has 3 heteroatoms. The van der Waals surface area contributed by atoms with Gasteiger partial charge in [-0.1, -0.05) is 0 Å². The minimum atomic E-state index is 0.426. The summed E-state index contributed by atoms with van der Waals surface area (Å²) in [6, 6.07) is 0. The molecule has 0 saturated heterocycles. The van der Waals surface area contributed by atoms with Crippen molar-refractivity contribution in [2.24, 2.45) is 0 Å².